The number of hydrogen-bond acceptors (Lipinski definition) is 5. The molecule has 0 saturated carbocycles. The van der Waals surface area contributed by atoms with Gasteiger partial charge in [-0.25, -0.2) is 4.79 Å². The summed E-state index contributed by atoms with van der Waals surface area (Å²) in [6.45, 7) is -0.0548. The van der Waals surface area contributed by atoms with Crippen molar-refractivity contribution < 1.29 is 28.2 Å². The molecule has 0 aromatic heterocycles. The number of primary amides is 1. The summed E-state index contributed by atoms with van der Waals surface area (Å²) in [4.78, 5) is 23.9. The van der Waals surface area contributed by atoms with Crippen LogP contribution in [0.4, 0.5) is 4.79 Å². The maximum Gasteiger partial charge on any atom is 0.418 e. The standard InChI is InChI=1S/C7H11N3O6S/c8-6(11)5-2-1-4-3-9(5)7(12)10(4)16-17(13,14)15/h4-5H,1-3H2,(H2,8,11)(H,13,14,15)/t4-,5+/m1/s1/i5D. The Balaban J connectivity index is 2.28. The fraction of sp³-hybridized carbons (Fsp3) is 0.714. The van der Waals surface area contributed by atoms with E-state index in [-0.39, 0.29) is 19.4 Å². The molecule has 0 spiro atoms. The first kappa shape index (κ1) is 10.7. The number of nitrogens with zero attached hydrogens (tertiary/aromatic N) is 2. The van der Waals surface area contributed by atoms with Gasteiger partial charge in [0, 0.05) is 6.54 Å². The predicted octanol–water partition coefficient (Wildman–Crippen LogP) is -1.53. The molecule has 2 rings (SSSR count). The van der Waals surface area contributed by atoms with E-state index in [9.17, 15) is 18.0 Å². The van der Waals surface area contributed by atoms with E-state index < -0.39 is 34.4 Å². The topological polar surface area (TPSA) is 130 Å². The molecule has 3 N–H and O–H groups in total. The van der Waals surface area contributed by atoms with Crippen LogP contribution in [0.25, 0.3) is 0 Å². The van der Waals surface area contributed by atoms with E-state index in [1.165, 1.54) is 0 Å². The Labute approximate surface area is 98.4 Å². The Morgan fingerprint density at radius 3 is 2.76 bits per heavy atom. The van der Waals surface area contributed by atoms with E-state index in [1.54, 1.807) is 0 Å². The second-order valence-electron chi connectivity index (χ2n) is 3.72. The van der Waals surface area contributed by atoms with E-state index in [1.807, 2.05) is 0 Å². The van der Waals surface area contributed by atoms with Gasteiger partial charge in [0.15, 0.2) is 0 Å². The molecule has 0 unspecified atom stereocenters. The van der Waals surface area contributed by atoms with E-state index in [0.29, 0.717) is 5.06 Å². The number of rotatable bonds is 3. The molecule has 0 aliphatic carbocycles. The zero-order chi connectivity index (χ0) is 13.7. The molecule has 2 heterocycles. The largest absolute Gasteiger partial charge is 0.418 e. The van der Waals surface area contributed by atoms with Crippen LogP contribution in [-0.4, -0.2) is 53.5 Å². The number of carbonyl (C=O) groups is 2. The maximum absolute atomic E-state index is 11.8. The zero-order valence-electron chi connectivity index (χ0n) is 9.57. The lowest BCUT2D eigenvalue weighted by atomic mass is 10.0. The van der Waals surface area contributed by atoms with Crippen molar-refractivity contribution in [3.05, 3.63) is 0 Å². The molecule has 2 aliphatic heterocycles. The normalized spacial score (nSPS) is 33.8. The van der Waals surface area contributed by atoms with Crippen molar-refractivity contribution >= 4 is 22.3 Å². The highest BCUT2D eigenvalue weighted by Crippen LogP contribution is 2.30. The highest BCUT2D eigenvalue weighted by atomic mass is 32.3. The minimum Gasteiger partial charge on any atom is -0.368 e. The fourth-order valence-corrected chi connectivity index (χ4v) is 2.35. The first-order chi connectivity index (χ1) is 8.15. The van der Waals surface area contributed by atoms with Crippen LogP contribution in [0.1, 0.15) is 14.2 Å². The minimum absolute atomic E-state index is 0.0237. The number of nitrogens with two attached hydrogens (primary N) is 1. The Hall–Kier alpha value is -1.39. The van der Waals surface area contributed by atoms with Gasteiger partial charge in [-0.1, -0.05) is 0 Å². The van der Waals surface area contributed by atoms with Gasteiger partial charge in [0.1, 0.15) is 6.02 Å². The lowest BCUT2D eigenvalue weighted by molar-refractivity contribution is -0.122. The van der Waals surface area contributed by atoms with Gasteiger partial charge >= 0.3 is 16.4 Å². The molecule has 17 heavy (non-hydrogen) atoms. The summed E-state index contributed by atoms with van der Waals surface area (Å²) < 4.78 is 41.7. The Bertz CT molecular complexity index is 509. The Morgan fingerprint density at radius 1 is 1.59 bits per heavy atom. The summed E-state index contributed by atoms with van der Waals surface area (Å²) in [5, 5.41) is 0.453. The summed E-state index contributed by atoms with van der Waals surface area (Å²) in [5.74, 6) is -0.997. The highest BCUT2D eigenvalue weighted by Gasteiger charge is 2.48. The number of piperidine rings is 1. The van der Waals surface area contributed by atoms with Gasteiger partial charge in [0.2, 0.25) is 5.91 Å². The van der Waals surface area contributed by atoms with Gasteiger partial charge in [0.25, 0.3) is 0 Å². The second kappa shape index (κ2) is 3.82. The third-order valence-corrected chi connectivity index (χ3v) is 2.99. The van der Waals surface area contributed by atoms with Gasteiger partial charge in [-0.05, 0) is 12.8 Å². The van der Waals surface area contributed by atoms with Gasteiger partial charge in [0.05, 0.1) is 7.41 Å². The number of hydroxylamine groups is 2. The quantitative estimate of drug-likeness (QED) is 0.596. The molecule has 3 amide bonds. The molecular weight excluding hydrogens is 254 g/mol. The van der Waals surface area contributed by atoms with Crippen molar-refractivity contribution in [3.8, 4) is 0 Å². The summed E-state index contributed by atoms with van der Waals surface area (Å²) in [6.07, 6.45) is 0.147. The van der Waals surface area contributed by atoms with Crippen molar-refractivity contribution in [2.24, 2.45) is 5.73 Å². The van der Waals surface area contributed by atoms with Crippen molar-refractivity contribution in [1.82, 2.24) is 9.96 Å². The van der Waals surface area contributed by atoms with Gasteiger partial charge in [-0.15, -0.1) is 4.28 Å². The number of hydrogen-bond donors (Lipinski definition) is 2. The Kier molecular flexibility index (Phi) is 2.42. The lowest BCUT2D eigenvalue weighted by Crippen LogP contribution is -2.47. The van der Waals surface area contributed by atoms with E-state index in [2.05, 4.69) is 4.28 Å². The van der Waals surface area contributed by atoms with Crippen LogP contribution in [0.5, 0.6) is 0 Å². The minimum atomic E-state index is -4.84. The van der Waals surface area contributed by atoms with Crippen molar-refractivity contribution in [2.75, 3.05) is 6.54 Å². The van der Waals surface area contributed by atoms with E-state index in [4.69, 9.17) is 11.7 Å². The van der Waals surface area contributed by atoms with Crippen LogP contribution < -0.4 is 5.73 Å². The van der Waals surface area contributed by atoms with Crippen molar-refractivity contribution in [2.45, 2.75) is 24.9 Å². The molecule has 2 atom stereocenters. The van der Waals surface area contributed by atoms with Crippen LogP contribution in [0, 0.1) is 0 Å². The molecule has 2 fully saturated rings. The van der Waals surface area contributed by atoms with Crippen LogP contribution in [0.15, 0.2) is 0 Å². The van der Waals surface area contributed by atoms with Gasteiger partial charge in [-0.2, -0.15) is 13.5 Å². The highest BCUT2D eigenvalue weighted by molar-refractivity contribution is 7.80. The van der Waals surface area contributed by atoms with Crippen LogP contribution in [0.2, 0.25) is 0 Å². The monoisotopic (exact) mass is 266 g/mol. The molecule has 10 heteroatoms. The Morgan fingerprint density at radius 2 is 2.24 bits per heavy atom. The van der Waals surface area contributed by atoms with Crippen molar-refractivity contribution in [1.29, 1.82) is 0 Å². The number of fused-ring (bicyclic) bond motifs is 2. The van der Waals surface area contributed by atoms with Crippen LogP contribution >= 0.6 is 0 Å². The second-order valence-corrected chi connectivity index (χ2v) is 4.73. The van der Waals surface area contributed by atoms with Gasteiger partial charge < -0.3 is 10.6 Å². The van der Waals surface area contributed by atoms with Crippen LogP contribution in [0.3, 0.4) is 0 Å². The van der Waals surface area contributed by atoms with E-state index in [0.717, 1.165) is 4.90 Å². The number of carbonyl (C=O) groups excluding carboxylic acids is 2. The van der Waals surface area contributed by atoms with Gasteiger partial charge in [-0.3, -0.25) is 9.35 Å². The number of urea groups is 1. The summed E-state index contributed by atoms with van der Waals surface area (Å²) in [5.41, 5.74) is 5.07. The molecule has 2 aliphatic rings. The summed E-state index contributed by atoms with van der Waals surface area (Å²) >= 11 is 0. The average Bonchev–Trinajstić information content (AvgIpc) is 2.48. The summed E-state index contributed by atoms with van der Waals surface area (Å²) in [7, 11) is -4.84. The predicted molar refractivity (Wildman–Crippen MR) is 52.6 cm³/mol. The smallest absolute Gasteiger partial charge is 0.368 e. The molecule has 2 bridgehead atoms. The zero-order valence-corrected chi connectivity index (χ0v) is 9.38. The molecular formula is C7H11N3O6S. The molecule has 0 radical (unpaired) electrons. The van der Waals surface area contributed by atoms with E-state index >= 15 is 0 Å². The lowest BCUT2D eigenvalue weighted by Gasteiger charge is -2.27. The third kappa shape index (κ3) is 2.18. The first-order valence-electron chi connectivity index (χ1n) is 5.23. The van der Waals surface area contributed by atoms with Crippen LogP contribution in [-0.2, 0) is 19.5 Å². The molecule has 9 nitrogen and oxygen atoms in total. The molecule has 2 saturated heterocycles. The van der Waals surface area contributed by atoms with Crippen molar-refractivity contribution in [3.63, 3.8) is 0 Å². The summed E-state index contributed by atoms with van der Waals surface area (Å²) in [6, 6.07) is -3.54. The average molecular weight is 266 g/mol. The maximum atomic E-state index is 11.8. The fourth-order valence-electron chi connectivity index (χ4n) is 1.96. The molecule has 0 aromatic rings. The third-order valence-electron chi connectivity index (χ3n) is 2.64. The molecule has 0 aromatic carbocycles. The SMILES string of the molecule is [2H][C@@]1(C(N)=O)CC[C@@H]2CN1C(=O)N2OS(=O)(=O)O. The number of amides is 3. The first-order valence-corrected chi connectivity index (χ1v) is 6.09. The molecule has 96 valence electrons.